The second-order valence-corrected chi connectivity index (χ2v) is 8.17. The molecule has 1 aliphatic rings. The summed E-state index contributed by atoms with van der Waals surface area (Å²) in [4.78, 5) is 13.7. The lowest BCUT2D eigenvalue weighted by Crippen LogP contribution is -2.43. The quantitative estimate of drug-likeness (QED) is 0.900. The molecule has 1 saturated heterocycles. The van der Waals surface area contributed by atoms with Gasteiger partial charge in [0.15, 0.2) is 9.84 Å². The largest absolute Gasteiger partial charge is 0.334 e. The van der Waals surface area contributed by atoms with Gasteiger partial charge in [0, 0.05) is 32.0 Å². The summed E-state index contributed by atoms with van der Waals surface area (Å²) < 4.78 is 24.8. The molecule has 2 heterocycles. The Morgan fingerprint density at radius 2 is 2.12 bits per heavy atom. The molecule has 1 aromatic heterocycles. The molecule has 7 nitrogen and oxygen atoms in total. The fraction of sp³-hybridized carbons (Fsp3) is 0.375. The molecule has 0 aliphatic carbocycles. The first-order valence-electron chi connectivity index (χ1n) is 7.75. The zero-order valence-electron chi connectivity index (χ0n) is 13.4. The van der Waals surface area contributed by atoms with Crippen LogP contribution in [-0.2, 0) is 16.4 Å². The summed E-state index contributed by atoms with van der Waals surface area (Å²) in [5, 5.41) is 6.99. The van der Waals surface area contributed by atoms with Crippen LogP contribution in [0.4, 0.5) is 4.79 Å². The minimum Gasteiger partial charge on any atom is -0.334 e. The van der Waals surface area contributed by atoms with Crippen molar-refractivity contribution < 1.29 is 13.2 Å². The van der Waals surface area contributed by atoms with Gasteiger partial charge in [-0.15, -0.1) is 0 Å². The van der Waals surface area contributed by atoms with Crippen molar-refractivity contribution in [2.45, 2.75) is 19.0 Å². The molecular formula is C16H20N4O3S. The first kappa shape index (κ1) is 16.5. The molecule has 1 atom stereocenters. The monoisotopic (exact) mass is 348 g/mol. The molecule has 24 heavy (non-hydrogen) atoms. The SMILES string of the molecule is CN(C(=O)NCc1ccc(-n2cccn2)cc1)C1CCS(=O)(=O)C1. The zero-order chi connectivity index (χ0) is 17.2. The highest BCUT2D eigenvalue weighted by Crippen LogP contribution is 2.16. The predicted octanol–water partition coefficient (Wildman–Crippen LogP) is 1.20. The van der Waals surface area contributed by atoms with Crippen LogP contribution >= 0.6 is 0 Å². The fourth-order valence-corrected chi connectivity index (χ4v) is 4.51. The van der Waals surface area contributed by atoms with E-state index in [0.717, 1.165) is 11.3 Å². The van der Waals surface area contributed by atoms with E-state index >= 15 is 0 Å². The normalized spacial score (nSPS) is 19.1. The number of carbonyl (C=O) groups excluding carboxylic acids is 1. The van der Waals surface area contributed by atoms with Crippen LogP contribution in [-0.4, -0.2) is 53.7 Å². The lowest BCUT2D eigenvalue weighted by molar-refractivity contribution is 0.194. The fourth-order valence-electron chi connectivity index (χ4n) is 2.74. The highest BCUT2D eigenvalue weighted by Gasteiger charge is 2.32. The van der Waals surface area contributed by atoms with Gasteiger partial charge < -0.3 is 10.2 Å². The number of benzene rings is 1. The van der Waals surface area contributed by atoms with Crippen molar-refractivity contribution >= 4 is 15.9 Å². The second kappa shape index (κ2) is 6.64. The zero-order valence-corrected chi connectivity index (χ0v) is 14.2. The van der Waals surface area contributed by atoms with E-state index in [1.807, 2.05) is 36.5 Å². The Morgan fingerprint density at radius 3 is 2.71 bits per heavy atom. The first-order chi connectivity index (χ1) is 11.4. The van der Waals surface area contributed by atoms with Gasteiger partial charge >= 0.3 is 6.03 Å². The highest BCUT2D eigenvalue weighted by atomic mass is 32.2. The summed E-state index contributed by atoms with van der Waals surface area (Å²) in [6, 6.07) is 9.08. The molecule has 0 spiro atoms. The van der Waals surface area contributed by atoms with Crippen molar-refractivity contribution in [3.63, 3.8) is 0 Å². The van der Waals surface area contributed by atoms with Crippen molar-refractivity contribution in [3.05, 3.63) is 48.3 Å². The van der Waals surface area contributed by atoms with E-state index in [1.54, 1.807) is 17.9 Å². The summed E-state index contributed by atoms with van der Waals surface area (Å²) in [6.45, 7) is 0.391. The standard InChI is InChI=1S/C16H20N4O3S/c1-19(15-7-10-24(22,23)12-15)16(21)17-11-13-3-5-14(6-4-13)20-9-2-8-18-20/h2-6,8-9,15H,7,10-12H2,1H3,(H,17,21). The molecule has 1 aromatic carbocycles. The molecule has 0 saturated carbocycles. The Bertz CT molecular complexity index is 800. The Hall–Kier alpha value is -2.35. The third-order valence-corrected chi connectivity index (χ3v) is 5.98. The Morgan fingerprint density at radius 1 is 1.38 bits per heavy atom. The molecular weight excluding hydrogens is 328 g/mol. The smallest absolute Gasteiger partial charge is 0.317 e. The van der Waals surface area contributed by atoms with Crippen LogP contribution < -0.4 is 5.32 Å². The summed E-state index contributed by atoms with van der Waals surface area (Å²) in [5.74, 6) is 0.208. The second-order valence-electron chi connectivity index (χ2n) is 5.94. The molecule has 2 aromatic rings. The Balaban J connectivity index is 1.54. The number of hydrogen-bond acceptors (Lipinski definition) is 4. The van der Waals surface area contributed by atoms with E-state index in [0.29, 0.717) is 13.0 Å². The third kappa shape index (κ3) is 3.76. The van der Waals surface area contributed by atoms with Gasteiger partial charge in [0.05, 0.1) is 17.2 Å². The first-order valence-corrected chi connectivity index (χ1v) is 9.57. The Kier molecular flexibility index (Phi) is 4.57. The van der Waals surface area contributed by atoms with E-state index in [1.165, 1.54) is 4.90 Å². The van der Waals surface area contributed by atoms with Gasteiger partial charge in [-0.3, -0.25) is 0 Å². The van der Waals surface area contributed by atoms with Crippen LogP contribution in [0.2, 0.25) is 0 Å². The van der Waals surface area contributed by atoms with Gasteiger partial charge in [-0.2, -0.15) is 5.10 Å². The average molecular weight is 348 g/mol. The molecule has 128 valence electrons. The summed E-state index contributed by atoms with van der Waals surface area (Å²) in [5.41, 5.74) is 1.91. The summed E-state index contributed by atoms with van der Waals surface area (Å²) in [6.07, 6.45) is 4.08. The van der Waals surface area contributed by atoms with Crippen molar-refractivity contribution in [1.29, 1.82) is 0 Å². The molecule has 2 amide bonds. The van der Waals surface area contributed by atoms with Gasteiger partial charge in [0.25, 0.3) is 0 Å². The summed E-state index contributed by atoms with van der Waals surface area (Å²) >= 11 is 0. The summed E-state index contributed by atoms with van der Waals surface area (Å²) in [7, 11) is -1.36. The van der Waals surface area contributed by atoms with Crippen LogP contribution in [0.3, 0.4) is 0 Å². The van der Waals surface area contributed by atoms with Crippen molar-refractivity contribution in [1.82, 2.24) is 20.0 Å². The van der Waals surface area contributed by atoms with Crippen LogP contribution in [0.25, 0.3) is 5.69 Å². The molecule has 1 aliphatic heterocycles. The third-order valence-electron chi connectivity index (χ3n) is 4.23. The molecule has 0 bridgehead atoms. The van der Waals surface area contributed by atoms with Gasteiger partial charge in [-0.25, -0.2) is 17.9 Å². The number of carbonyl (C=O) groups is 1. The van der Waals surface area contributed by atoms with Gasteiger partial charge in [-0.05, 0) is 30.2 Å². The van der Waals surface area contributed by atoms with Crippen molar-refractivity contribution in [2.24, 2.45) is 0 Å². The van der Waals surface area contributed by atoms with E-state index in [9.17, 15) is 13.2 Å². The Labute approximate surface area is 141 Å². The molecule has 3 rings (SSSR count). The number of urea groups is 1. The van der Waals surface area contributed by atoms with Crippen LogP contribution in [0.1, 0.15) is 12.0 Å². The lowest BCUT2D eigenvalue weighted by atomic mass is 10.2. The minimum atomic E-state index is -3.00. The van der Waals surface area contributed by atoms with Crippen molar-refractivity contribution in [2.75, 3.05) is 18.6 Å². The van der Waals surface area contributed by atoms with Crippen LogP contribution in [0.5, 0.6) is 0 Å². The number of nitrogens with one attached hydrogen (secondary N) is 1. The molecule has 8 heteroatoms. The van der Waals surface area contributed by atoms with Gasteiger partial charge in [0.2, 0.25) is 0 Å². The number of nitrogens with zero attached hydrogens (tertiary/aromatic N) is 3. The molecule has 1 N–H and O–H groups in total. The van der Waals surface area contributed by atoms with Gasteiger partial charge in [-0.1, -0.05) is 12.1 Å². The van der Waals surface area contributed by atoms with Crippen molar-refractivity contribution in [3.8, 4) is 5.69 Å². The topological polar surface area (TPSA) is 84.3 Å². The van der Waals surface area contributed by atoms with Gasteiger partial charge in [0.1, 0.15) is 0 Å². The predicted molar refractivity (Wildman–Crippen MR) is 90.6 cm³/mol. The number of hydrogen-bond donors (Lipinski definition) is 1. The van der Waals surface area contributed by atoms with E-state index in [-0.39, 0.29) is 23.6 Å². The molecule has 0 radical (unpaired) electrons. The van der Waals surface area contributed by atoms with E-state index < -0.39 is 9.84 Å². The number of amides is 2. The maximum absolute atomic E-state index is 12.2. The number of rotatable bonds is 4. The average Bonchev–Trinajstić information content (AvgIpc) is 3.22. The number of aromatic nitrogens is 2. The maximum atomic E-state index is 12.2. The highest BCUT2D eigenvalue weighted by molar-refractivity contribution is 7.91. The number of sulfone groups is 1. The van der Waals surface area contributed by atoms with E-state index in [2.05, 4.69) is 10.4 Å². The maximum Gasteiger partial charge on any atom is 0.317 e. The lowest BCUT2D eigenvalue weighted by Gasteiger charge is -2.23. The molecule has 1 fully saturated rings. The van der Waals surface area contributed by atoms with E-state index in [4.69, 9.17) is 0 Å². The molecule has 1 unspecified atom stereocenters. The van der Waals surface area contributed by atoms with Crippen LogP contribution in [0.15, 0.2) is 42.7 Å². The minimum absolute atomic E-state index is 0.0511. The van der Waals surface area contributed by atoms with Crippen LogP contribution in [0, 0.1) is 0 Å².